The van der Waals surface area contributed by atoms with Gasteiger partial charge in [-0.1, -0.05) is 39.5 Å². The second-order valence-electron chi connectivity index (χ2n) is 8.92. The Hall–Kier alpha value is -0.530. The highest BCUT2D eigenvalue weighted by Crippen LogP contribution is 2.53. The second kappa shape index (κ2) is 8.72. The summed E-state index contributed by atoms with van der Waals surface area (Å²) in [6, 6.07) is 0. The van der Waals surface area contributed by atoms with Crippen molar-refractivity contribution >= 4 is 5.97 Å². The van der Waals surface area contributed by atoms with E-state index in [1.807, 2.05) is 0 Å². The van der Waals surface area contributed by atoms with E-state index < -0.39 is 0 Å². The summed E-state index contributed by atoms with van der Waals surface area (Å²) in [4.78, 5) is 11.9. The highest BCUT2D eigenvalue weighted by molar-refractivity contribution is 5.69. The largest absolute Gasteiger partial charge is 0.462 e. The first kappa shape index (κ1) is 18.3. The number of ether oxygens (including phenoxy) is 1. The van der Waals surface area contributed by atoms with E-state index >= 15 is 0 Å². The van der Waals surface area contributed by atoms with Gasteiger partial charge in [-0.05, 0) is 81.0 Å². The van der Waals surface area contributed by atoms with E-state index in [-0.39, 0.29) is 12.1 Å². The first-order chi connectivity index (χ1) is 11.7. The summed E-state index contributed by atoms with van der Waals surface area (Å²) in [6.07, 6.45) is 16.6. The summed E-state index contributed by atoms with van der Waals surface area (Å²) in [7, 11) is 0. The molecule has 6 unspecified atom stereocenters. The van der Waals surface area contributed by atoms with Crippen molar-refractivity contribution in [2.75, 3.05) is 0 Å². The molecule has 0 aromatic rings. The molecule has 0 spiro atoms. The predicted molar refractivity (Wildman–Crippen MR) is 98.7 cm³/mol. The number of hydrogen-bond donors (Lipinski definition) is 0. The predicted octanol–water partition coefficient (Wildman–Crippen LogP) is 6.13. The monoisotopic (exact) mass is 334 g/mol. The van der Waals surface area contributed by atoms with Crippen molar-refractivity contribution in [2.45, 2.75) is 103 Å². The van der Waals surface area contributed by atoms with Gasteiger partial charge in [0.05, 0.1) is 0 Å². The van der Waals surface area contributed by atoms with Crippen LogP contribution in [0.1, 0.15) is 97.3 Å². The number of unbranched alkanes of at least 4 members (excludes halogenated alkanes) is 1. The Labute approximate surface area is 149 Å². The fraction of sp³-hybridized carbons (Fsp3) is 0.955. The first-order valence-electron chi connectivity index (χ1n) is 10.9. The van der Waals surface area contributed by atoms with E-state index in [0.29, 0.717) is 6.42 Å². The van der Waals surface area contributed by atoms with Gasteiger partial charge < -0.3 is 4.74 Å². The first-order valence-corrected chi connectivity index (χ1v) is 10.9. The molecule has 2 nitrogen and oxygen atoms in total. The van der Waals surface area contributed by atoms with E-state index in [2.05, 4.69) is 13.8 Å². The van der Waals surface area contributed by atoms with Crippen LogP contribution in [0, 0.1) is 29.6 Å². The quantitative estimate of drug-likeness (QED) is 0.546. The molecule has 0 radical (unpaired) electrons. The van der Waals surface area contributed by atoms with Gasteiger partial charge in [0.25, 0.3) is 0 Å². The maximum absolute atomic E-state index is 11.9. The van der Waals surface area contributed by atoms with Gasteiger partial charge >= 0.3 is 5.97 Å². The van der Waals surface area contributed by atoms with E-state index in [0.717, 1.165) is 55.3 Å². The molecule has 6 atom stereocenters. The van der Waals surface area contributed by atoms with E-state index in [1.165, 1.54) is 51.4 Å². The molecule has 0 aromatic carbocycles. The molecule has 0 amide bonds. The van der Waals surface area contributed by atoms with Crippen LogP contribution in [0.15, 0.2) is 0 Å². The number of carbonyl (C=O) groups is 1. The van der Waals surface area contributed by atoms with Crippen molar-refractivity contribution in [3.8, 4) is 0 Å². The standard InChI is InChI=1S/C22H38O2/c1-3-5-7-22(23)24-19-11-13-21-18(15-19)10-9-17-14-16(6-4-2)8-12-20(17)21/h16-21H,3-15H2,1-2H3. The van der Waals surface area contributed by atoms with Crippen LogP contribution in [-0.4, -0.2) is 12.1 Å². The highest BCUT2D eigenvalue weighted by atomic mass is 16.5. The lowest BCUT2D eigenvalue weighted by Gasteiger charge is -2.50. The van der Waals surface area contributed by atoms with E-state index in [1.54, 1.807) is 0 Å². The smallest absolute Gasteiger partial charge is 0.306 e. The van der Waals surface area contributed by atoms with Crippen LogP contribution < -0.4 is 0 Å². The van der Waals surface area contributed by atoms with Gasteiger partial charge in [0.15, 0.2) is 0 Å². The van der Waals surface area contributed by atoms with Gasteiger partial charge in [-0.15, -0.1) is 0 Å². The lowest BCUT2D eigenvalue weighted by Crippen LogP contribution is -2.43. The van der Waals surface area contributed by atoms with Crippen molar-refractivity contribution < 1.29 is 9.53 Å². The van der Waals surface area contributed by atoms with Gasteiger partial charge in [-0.2, -0.15) is 0 Å². The van der Waals surface area contributed by atoms with Crippen LogP contribution >= 0.6 is 0 Å². The molecule has 0 N–H and O–H groups in total. The number of fused-ring (bicyclic) bond motifs is 3. The molecule has 3 rings (SSSR count). The van der Waals surface area contributed by atoms with Gasteiger partial charge in [0, 0.05) is 6.42 Å². The van der Waals surface area contributed by atoms with E-state index in [9.17, 15) is 4.79 Å². The normalized spacial score (nSPS) is 38.9. The van der Waals surface area contributed by atoms with Crippen molar-refractivity contribution in [1.82, 2.24) is 0 Å². The molecule has 3 aliphatic rings. The van der Waals surface area contributed by atoms with Crippen LogP contribution in [0.4, 0.5) is 0 Å². The Morgan fingerprint density at radius 3 is 2.29 bits per heavy atom. The molecular formula is C22H38O2. The Bertz CT molecular complexity index is 405. The van der Waals surface area contributed by atoms with Crippen LogP contribution in [0.5, 0.6) is 0 Å². The molecule has 0 bridgehead atoms. The summed E-state index contributed by atoms with van der Waals surface area (Å²) < 4.78 is 5.79. The molecule has 3 aliphatic carbocycles. The Kier molecular flexibility index (Phi) is 6.63. The minimum absolute atomic E-state index is 0.0501. The Morgan fingerprint density at radius 2 is 1.58 bits per heavy atom. The highest BCUT2D eigenvalue weighted by Gasteiger charge is 2.44. The topological polar surface area (TPSA) is 26.3 Å². The van der Waals surface area contributed by atoms with Crippen molar-refractivity contribution in [1.29, 1.82) is 0 Å². The van der Waals surface area contributed by atoms with E-state index in [4.69, 9.17) is 4.74 Å². The summed E-state index contributed by atoms with van der Waals surface area (Å²) in [5.74, 6) is 4.86. The summed E-state index contributed by atoms with van der Waals surface area (Å²) >= 11 is 0. The van der Waals surface area contributed by atoms with Crippen LogP contribution in [-0.2, 0) is 9.53 Å². The second-order valence-corrected chi connectivity index (χ2v) is 8.92. The SMILES string of the molecule is CCCCC(=O)OC1CCC2C(CCC3CC(CCC)CCC32)C1. The maximum atomic E-state index is 11.9. The zero-order valence-corrected chi connectivity index (χ0v) is 16.0. The van der Waals surface area contributed by atoms with Crippen molar-refractivity contribution in [2.24, 2.45) is 29.6 Å². The van der Waals surface area contributed by atoms with Crippen molar-refractivity contribution in [3.05, 3.63) is 0 Å². The summed E-state index contributed by atoms with van der Waals surface area (Å²) in [6.45, 7) is 4.47. The van der Waals surface area contributed by atoms with Gasteiger partial charge in [-0.25, -0.2) is 0 Å². The van der Waals surface area contributed by atoms with Gasteiger partial charge in [0.1, 0.15) is 6.10 Å². The number of rotatable bonds is 6. The molecule has 138 valence electrons. The minimum atomic E-state index is 0.0501. The third-order valence-electron chi connectivity index (χ3n) is 7.33. The Morgan fingerprint density at radius 1 is 0.875 bits per heavy atom. The van der Waals surface area contributed by atoms with Crippen LogP contribution in [0.2, 0.25) is 0 Å². The fourth-order valence-corrected chi connectivity index (χ4v) is 6.19. The zero-order chi connectivity index (χ0) is 16.9. The van der Waals surface area contributed by atoms with Gasteiger partial charge in [-0.3, -0.25) is 4.79 Å². The molecule has 0 aliphatic heterocycles. The van der Waals surface area contributed by atoms with Crippen LogP contribution in [0.25, 0.3) is 0 Å². The lowest BCUT2D eigenvalue weighted by atomic mass is 9.56. The number of carbonyl (C=O) groups excluding carboxylic acids is 1. The minimum Gasteiger partial charge on any atom is -0.462 e. The van der Waals surface area contributed by atoms with Crippen LogP contribution in [0.3, 0.4) is 0 Å². The van der Waals surface area contributed by atoms with Crippen molar-refractivity contribution in [3.63, 3.8) is 0 Å². The third kappa shape index (κ3) is 4.35. The fourth-order valence-electron chi connectivity index (χ4n) is 6.19. The third-order valence-corrected chi connectivity index (χ3v) is 7.33. The molecule has 3 saturated carbocycles. The maximum Gasteiger partial charge on any atom is 0.306 e. The zero-order valence-electron chi connectivity index (χ0n) is 16.0. The average molecular weight is 335 g/mol. The number of hydrogen-bond acceptors (Lipinski definition) is 2. The molecule has 0 aromatic heterocycles. The summed E-state index contributed by atoms with van der Waals surface area (Å²) in [5, 5.41) is 0. The Balaban J connectivity index is 1.49. The average Bonchev–Trinajstić information content (AvgIpc) is 2.59. The lowest BCUT2D eigenvalue weighted by molar-refractivity contribution is -0.153. The summed E-state index contributed by atoms with van der Waals surface area (Å²) in [5.41, 5.74) is 0. The number of esters is 1. The molecule has 0 heterocycles. The molecule has 0 saturated heterocycles. The molecule has 24 heavy (non-hydrogen) atoms. The molecular weight excluding hydrogens is 296 g/mol. The molecule has 3 fully saturated rings. The van der Waals surface area contributed by atoms with Gasteiger partial charge in [0.2, 0.25) is 0 Å². The molecule has 2 heteroatoms.